The highest BCUT2D eigenvalue weighted by atomic mass is 79.9. The number of carbonyl (C=O) groups is 1. The van der Waals surface area contributed by atoms with E-state index in [0.29, 0.717) is 17.6 Å². The molecule has 1 heterocycles. The van der Waals surface area contributed by atoms with Gasteiger partial charge in [-0.1, -0.05) is 15.9 Å². The van der Waals surface area contributed by atoms with Gasteiger partial charge in [-0.15, -0.1) is 0 Å². The molecule has 4 nitrogen and oxygen atoms in total. The van der Waals surface area contributed by atoms with Crippen molar-refractivity contribution in [1.82, 2.24) is 4.90 Å². The zero-order valence-corrected chi connectivity index (χ0v) is 12.0. The molecule has 1 aliphatic heterocycles. The smallest absolute Gasteiger partial charge is 0.321 e. The third-order valence-corrected chi connectivity index (χ3v) is 3.73. The highest BCUT2D eigenvalue weighted by Crippen LogP contribution is 2.22. The van der Waals surface area contributed by atoms with E-state index in [1.807, 2.05) is 0 Å². The van der Waals surface area contributed by atoms with Crippen molar-refractivity contribution in [3.63, 3.8) is 0 Å². The fourth-order valence-corrected chi connectivity index (χ4v) is 2.55. The first kappa shape index (κ1) is 14.3. The van der Waals surface area contributed by atoms with Crippen LogP contribution in [0.25, 0.3) is 0 Å². The molecule has 1 aliphatic rings. The van der Waals surface area contributed by atoms with Gasteiger partial charge in [0, 0.05) is 24.2 Å². The lowest BCUT2D eigenvalue weighted by Gasteiger charge is -2.31. The lowest BCUT2D eigenvalue weighted by Crippen LogP contribution is -2.43. The monoisotopic (exact) mass is 330 g/mol. The molecule has 1 unspecified atom stereocenters. The summed E-state index contributed by atoms with van der Waals surface area (Å²) in [6, 6.07) is 4.08. The predicted octanol–water partition coefficient (Wildman–Crippen LogP) is 2.82. The number of aliphatic hydroxyl groups excluding tert-OH is 1. The van der Waals surface area contributed by atoms with Crippen molar-refractivity contribution in [2.75, 3.05) is 25.0 Å². The third kappa shape index (κ3) is 3.67. The minimum Gasteiger partial charge on any atom is -0.396 e. The molecule has 1 aromatic carbocycles. The van der Waals surface area contributed by atoms with Crippen LogP contribution in [0.4, 0.5) is 14.9 Å². The summed E-state index contributed by atoms with van der Waals surface area (Å²) in [7, 11) is 0. The SMILES string of the molecule is O=C(Nc1cc(Br)ccc1F)N1CCCC(CO)C1. The summed E-state index contributed by atoms with van der Waals surface area (Å²) < 4.78 is 14.3. The number of hydrogen-bond acceptors (Lipinski definition) is 2. The van der Waals surface area contributed by atoms with Gasteiger partial charge in [-0.25, -0.2) is 9.18 Å². The summed E-state index contributed by atoms with van der Waals surface area (Å²) in [5.41, 5.74) is 0.158. The van der Waals surface area contributed by atoms with E-state index in [9.17, 15) is 9.18 Å². The molecule has 0 spiro atoms. The highest BCUT2D eigenvalue weighted by Gasteiger charge is 2.23. The number of benzene rings is 1. The first-order valence-corrected chi connectivity index (χ1v) is 7.01. The summed E-state index contributed by atoms with van der Waals surface area (Å²) in [6.07, 6.45) is 1.78. The first-order chi connectivity index (χ1) is 9.10. The molecule has 1 atom stereocenters. The Bertz CT molecular complexity index is 470. The first-order valence-electron chi connectivity index (χ1n) is 6.22. The lowest BCUT2D eigenvalue weighted by molar-refractivity contribution is 0.136. The van der Waals surface area contributed by atoms with Gasteiger partial charge < -0.3 is 15.3 Å². The number of halogens is 2. The van der Waals surface area contributed by atoms with E-state index in [-0.39, 0.29) is 24.2 Å². The molecule has 19 heavy (non-hydrogen) atoms. The second-order valence-electron chi connectivity index (χ2n) is 4.69. The number of hydrogen-bond donors (Lipinski definition) is 2. The Morgan fingerprint density at radius 2 is 2.37 bits per heavy atom. The zero-order chi connectivity index (χ0) is 13.8. The van der Waals surface area contributed by atoms with Crippen LogP contribution in [0.3, 0.4) is 0 Å². The zero-order valence-electron chi connectivity index (χ0n) is 10.4. The number of piperidine rings is 1. The van der Waals surface area contributed by atoms with Crippen LogP contribution in [-0.2, 0) is 0 Å². The van der Waals surface area contributed by atoms with E-state index >= 15 is 0 Å². The lowest BCUT2D eigenvalue weighted by atomic mass is 9.99. The van der Waals surface area contributed by atoms with Crippen LogP contribution in [0.5, 0.6) is 0 Å². The molecule has 0 radical (unpaired) electrons. The molecule has 1 saturated heterocycles. The fourth-order valence-electron chi connectivity index (χ4n) is 2.19. The quantitative estimate of drug-likeness (QED) is 0.876. The van der Waals surface area contributed by atoms with Crippen molar-refractivity contribution >= 4 is 27.6 Å². The number of nitrogens with one attached hydrogen (secondary N) is 1. The summed E-state index contributed by atoms with van der Waals surface area (Å²) in [5, 5.41) is 11.7. The Morgan fingerprint density at radius 3 is 3.11 bits per heavy atom. The molecule has 0 aliphatic carbocycles. The van der Waals surface area contributed by atoms with E-state index in [0.717, 1.165) is 12.8 Å². The topological polar surface area (TPSA) is 52.6 Å². The van der Waals surface area contributed by atoms with Crippen molar-refractivity contribution in [3.8, 4) is 0 Å². The Morgan fingerprint density at radius 1 is 1.58 bits per heavy atom. The standard InChI is InChI=1S/C13H16BrFN2O2/c14-10-3-4-11(15)12(6-10)16-13(19)17-5-1-2-9(7-17)8-18/h3-4,6,9,18H,1-2,5,7-8H2,(H,16,19). The maximum absolute atomic E-state index is 13.5. The summed E-state index contributed by atoms with van der Waals surface area (Å²) in [6.45, 7) is 1.23. The number of rotatable bonds is 2. The van der Waals surface area contributed by atoms with Gasteiger partial charge in [0.25, 0.3) is 0 Å². The molecule has 0 aromatic heterocycles. The minimum absolute atomic E-state index is 0.0784. The summed E-state index contributed by atoms with van der Waals surface area (Å²) >= 11 is 3.24. The van der Waals surface area contributed by atoms with Crippen molar-refractivity contribution in [2.24, 2.45) is 5.92 Å². The van der Waals surface area contributed by atoms with Crippen molar-refractivity contribution in [2.45, 2.75) is 12.8 Å². The number of carbonyl (C=O) groups excluding carboxylic acids is 1. The number of nitrogens with zero attached hydrogens (tertiary/aromatic N) is 1. The van der Waals surface area contributed by atoms with Crippen molar-refractivity contribution in [3.05, 3.63) is 28.5 Å². The summed E-state index contributed by atoms with van der Waals surface area (Å²) in [5.74, 6) is -0.348. The molecular formula is C13H16BrFN2O2. The van der Waals surface area contributed by atoms with Gasteiger partial charge in [-0.3, -0.25) is 0 Å². The molecule has 0 bridgehead atoms. The molecule has 2 rings (SSSR count). The van der Waals surface area contributed by atoms with Gasteiger partial charge in [0.2, 0.25) is 0 Å². The van der Waals surface area contributed by atoms with Crippen LogP contribution in [0.2, 0.25) is 0 Å². The minimum atomic E-state index is -0.465. The highest BCUT2D eigenvalue weighted by molar-refractivity contribution is 9.10. The average molecular weight is 331 g/mol. The molecule has 6 heteroatoms. The van der Waals surface area contributed by atoms with Crippen LogP contribution in [-0.4, -0.2) is 35.7 Å². The Labute approximate surface area is 119 Å². The maximum atomic E-state index is 13.5. The van der Waals surface area contributed by atoms with Gasteiger partial charge in [0.15, 0.2) is 0 Å². The van der Waals surface area contributed by atoms with Gasteiger partial charge in [0.05, 0.1) is 5.69 Å². The van der Waals surface area contributed by atoms with E-state index in [2.05, 4.69) is 21.2 Å². The molecule has 0 saturated carbocycles. The second kappa shape index (κ2) is 6.34. The molecule has 2 N–H and O–H groups in total. The van der Waals surface area contributed by atoms with Gasteiger partial charge in [-0.05, 0) is 37.0 Å². The Balaban J connectivity index is 2.02. The predicted molar refractivity (Wildman–Crippen MR) is 74.5 cm³/mol. The average Bonchev–Trinajstić information content (AvgIpc) is 2.43. The van der Waals surface area contributed by atoms with Crippen LogP contribution in [0.15, 0.2) is 22.7 Å². The molecule has 104 valence electrons. The second-order valence-corrected chi connectivity index (χ2v) is 5.61. The Hall–Kier alpha value is -1.14. The van der Waals surface area contributed by atoms with Gasteiger partial charge >= 0.3 is 6.03 Å². The van der Waals surface area contributed by atoms with Crippen molar-refractivity contribution in [1.29, 1.82) is 0 Å². The molecule has 1 aromatic rings. The molecular weight excluding hydrogens is 315 g/mol. The normalized spacial score (nSPS) is 19.3. The van der Waals surface area contributed by atoms with Crippen LogP contribution in [0, 0.1) is 11.7 Å². The number of likely N-dealkylation sites (tertiary alicyclic amines) is 1. The van der Waals surface area contributed by atoms with E-state index in [4.69, 9.17) is 5.11 Å². The van der Waals surface area contributed by atoms with Crippen LogP contribution >= 0.6 is 15.9 Å². The van der Waals surface area contributed by atoms with Gasteiger partial charge in [0.1, 0.15) is 5.82 Å². The number of amides is 2. The van der Waals surface area contributed by atoms with Gasteiger partial charge in [-0.2, -0.15) is 0 Å². The third-order valence-electron chi connectivity index (χ3n) is 3.23. The maximum Gasteiger partial charge on any atom is 0.321 e. The van der Waals surface area contributed by atoms with Crippen LogP contribution < -0.4 is 5.32 Å². The summed E-state index contributed by atoms with van der Waals surface area (Å²) in [4.78, 5) is 13.7. The van der Waals surface area contributed by atoms with Crippen LogP contribution in [0.1, 0.15) is 12.8 Å². The molecule has 1 fully saturated rings. The number of urea groups is 1. The number of aliphatic hydroxyl groups is 1. The number of anilines is 1. The Kier molecular flexibility index (Phi) is 4.76. The fraction of sp³-hybridized carbons (Fsp3) is 0.462. The van der Waals surface area contributed by atoms with E-state index < -0.39 is 5.82 Å². The molecule has 2 amide bonds. The van der Waals surface area contributed by atoms with Crippen molar-refractivity contribution < 1.29 is 14.3 Å². The van der Waals surface area contributed by atoms with E-state index in [1.54, 1.807) is 11.0 Å². The largest absolute Gasteiger partial charge is 0.396 e. The van der Waals surface area contributed by atoms with E-state index in [1.165, 1.54) is 12.1 Å².